The number of benzene rings is 2. The molecule has 0 saturated heterocycles. The van der Waals surface area contributed by atoms with Gasteiger partial charge in [-0.05, 0) is 45.7 Å². The lowest BCUT2D eigenvalue weighted by molar-refractivity contribution is -0.383. The summed E-state index contributed by atoms with van der Waals surface area (Å²) >= 11 is 0. The van der Waals surface area contributed by atoms with Gasteiger partial charge >= 0.3 is 11.8 Å². The molecule has 0 bridgehead atoms. The normalized spacial score (nSPS) is 11.1. The molecule has 0 unspecified atom stereocenters. The molecule has 9 nitrogen and oxygen atoms in total. The summed E-state index contributed by atoms with van der Waals surface area (Å²) in [6.45, 7) is 9.21. The smallest absolute Gasteiger partial charge is 0.429 e. The molecule has 3 rings (SSSR count). The first-order valence-corrected chi connectivity index (χ1v) is 11.2. The first-order valence-electron chi connectivity index (χ1n) is 11.2. The lowest BCUT2D eigenvalue weighted by Gasteiger charge is -2.28. The van der Waals surface area contributed by atoms with Crippen LogP contribution >= 0.6 is 0 Å². The van der Waals surface area contributed by atoms with Crippen LogP contribution in [0.1, 0.15) is 43.2 Å². The Hall–Kier alpha value is -3.98. The van der Waals surface area contributed by atoms with Gasteiger partial charge in [0.05, 0.1) is 4.92 Å². The molecule has 0 fully saturated rings. The number of hydrazine groups is 1. The van der Waals surface area contributed by atoms with E-state index in [1.807, 2.05) is 65.6 Å². The van der Waals surface area contributed by atoms with Crippen molar-refractivity contribution >= 4 is 23.3 Å². The molecule has 2 N–H and O–H groups in total. The van der Waals surface area contributed by atoms with Crippen LogP contribution in [0.25, 0.3) is 0 Å². The zero-order valence-electron chi connectivity index (χ0n) is 20.7. The number of pyridine rings is 1. The third kappa shape index (κ3) is 6.33. The number of carbonyl (C=O) groups is 1. The number of anilines is 2. The van der Waals surface area contributed by atoms with Crippen molar-refractivity contribution in [2.45, 2.75) is 53.3 Å². The molecule has 3 aromatic rings. The molecule has 0 radical (unpaired) electrons. The van der Waals surface area contributed by atoms with E-state index in [4.69, 9.17) is 10.6 Å². The van der Waals surface area contributed by atoms with Gasteiger partial charge in [0.15, 0.2) is 5.69 Å². The summed E-state index contributed by atoms with van der Waals surface area (Å²) in [6, 6.07) is 19.2. The topological polar surface area (TPSA) is 115 Å². The maximum Gasteiger partial charge on any atom is 0.429 e. The van der Waals surface area contributed by atoms with Gasteiger partial charge in [-0.1, -0.05) is 60.7 Å². The predicted molar refractivity (Wildman–Crippen MR) is 136 cm³/mol. The molecule has 184 valence electrons. The van der Waals surface area contributed by atoms with E-state index in [9.17, 15) is 14.9 Å². The van der Waals surface area contributed by atoms with Gasteiger partial charge in [0, 0.05) is 24.3 Å². The van der Waals surface area contributed by atoms with E-state index in [1.165, 1.54) is 0 Å². The SMILES string of the molecule is Cc1nc(N(Cc2ccccc2)Cc2ccccc2)c([N+](=O)[O-])c(N(N)C(=O)OC(C)(C)C)c1C. The molecule has 1 aromatic heterocycles. The molecule has 0 saturated carbocycles. The summed E-state index contributed by atoms with van der Waals surface area (Å²) in [5.74, 6) is 6.26. The van der Waals surface area contributed by atoms with E-state index in [1.54, 1.807) is 34.6 Å². The summed E-state index contributed by atoms with van der Waals surface area (Å²) < 4.78 is 5.38. The number of carbonyl (C=O) groups excluding carboxylic acids is 1. The van der Waals surface area contributed by atoms with Crippen LogP contribution < -0.4 is 15.8 Å². The van der Waals surface area contributed by atoms with E-state index in [0.717, 1.165) is 11.1 Å². The van der Waals surface area contributed by atoms with Gasteiger partial charge in [0.1, 0.15) is 5.60 Å². The number of hydrogen-bond acceptors (Lipinski definition) is 7. The summed E-state index contributed by atoms with van der Waals surface area (Å²) in [6.07, 6.45) is -0.891. The van der Waals surface area contributed by atoms with Crippen molar-refractivity contribution in [1.29, 1.82) is 0 Å². The maximum absolute atomic E-state index is 12.8. The molecule has 0 spiro atoms. The number of nitrogens with zero attached hydrogens (tertiary/aromatic N) is 4. The van der Waals surface area contributed by atoms with E-state index >= 15 is 0 Å². The van der Waals surface area contributed by atoms with Crippen LogP contribution in [0.5, 0.6) is 0 Å². The molecule has 0 aliphatic heterocycles. The van der Waals surface area contributed by atoms with Crippen LogP contribution in [0.2, 0.25) is 0 Å². The van der Waals surface area contributed by atoms with E-state index < -0.39 is 16.6 Å². The van der Waals surface area contributed by atoms with Crippen LogP contribution in [0.4, 0.5) is 22.0 Å². The number of aryl methyl sites for hydroxylation is 1. The number of ether oxygens (including phenoxy) is 1. The summed E-state index contributed by atoms with van der Waals surface area (Å²) in [5.41, 5.74) is 1.63. The Morgan fingerprint density at radius 1 is 1.00 bits per heavy atom. The Kier molecular flexibility index (Phi) is 7.71. The number of rotatable bonds is 7. The van der Waals surface area contributed by atoms with Gasteiger partial charge in [-0.2, -0.15) is 0 Å². The molecular formula is C26H31N5O4. The molecule has 9 heteroatoms. The summed E-state index contributed by atoms with van der Waals surface area (Å²) in [5, 5.41) is 13.1. The zero-order valence-corrected chi connectivity index (χ0v) is 20.7. The molecular weight excluding hydrogens is 446 g/mol. The highest BCUT2D eigenvalue weighted by atomic mass is 16.6. The van der Waals surface area contributed by atoms with Crippen LogP contribution in [0.15, 0.2) is 60.7 Å². The maximum atomic E-state index is 12.8. The van der Waals surface area contributed by atoms with Gasteiger partial charge in [-0.15, -0.1) is 0 Å². The van der Waals surface area contributed by atoms with Crippen molar-refractivity contribution in [2.75, 3.05) is 9.91 Å². The Balaban J connectivity index is 2.18. The third-order valence-corrected chi connectivity index (χ3v) is 5.35. The standard InChI is InChI=1S/C26H31N5O4/c1-18-19(2)28-24(23(31(33)34)22(18)30(27)25(32)35-26(3,4)5)29(16-20-12-8-6-9-13-20)17-21-14-10-7-11-15-21/h6-15H,16-17,27H2,1-5H3. The fraction of sp³-hybridized carbons (Fsp3) is 0.308. The van der Waals surface area contributed by atoms with Gasteiger partial charge in [0.25, 0.3) is 0 Å². The van der Waals surface area contributed by atoms with Crippen molar-refractivity contribution in [3.63, 3.8) is 0 Å². The van der Waals surface area contributed by atoms with Crippen molar-refractivity contribution in [1.82, 2.24) is 4.98 Å². The second-order valence-electron chi connectivity index (χ2n) is 9.28. The molecule has 1 amide bonds. The number of amides is 1. The van der Waals surface area contributed by atoms with Gasteiger partial charge in [0.2, 0.25) is 5.82 Å². The Morgan fingerprint density at radius 2 is 1.49 bits per heavy atom. The van der Waals surface area contributed by atoms with Gasteiger partial charge < -0.3 is 9.64 Å². The minimum Gasteiger partial charge on any atom is -0.442 e. The second-order valence-corrected chi connectivity index (χ2v) is 9.28. The van der Waals surface area contributed by atoms with Gasteiger partial charge in [-0.3, -0.25) is 10.1 Å². The minimum atomic E-state index is -0.891. The minimum absolute atomic E-state index is 0.0436. The lowest BCUT2D eigenvalue weighted by Crippen LogP contribution is -2.42. The monoisotopic (exact) mass is 477 g/mol. The van der Waals surface area contributed by atoms with Crippen LogP contribution in [-0.2, 0) is 17.8 Å². The molecule has 0 atom stereocenters. The lowest BCUT2D eigenvalue weighted by atomic mass is 10.1. The first-order chi connectivity index (χ1) is 16.5. The van der Waals surface area contributed by atoms with Gasteiger partial charge in [-0.25, -0.2) is 20.6 Å². The van der Waals surface area contributed by atoms with Crippen molar-refractivity contribution in [2.24, 2.45) is 5.84 Å². The van der Waals surface area contributed by atoms with Crippen LogP contribution in [0, 0.1) is 24.0 Å². The largest absolute Gasteiger partial charge is 0.442 e. The Bertz CT molecular complexity index is 1150. The second kappa shape index (κ2) is 10.5. The average Bonchev–Trinajstić information content (AvgIpc) is 2.79. The average molecular weight is 478 g/mol. The van der Waals surface area contributed by atoms with E-state index in [2.05, 4.69) is 4.98 Å². The number of aromatic nitrogens is 1. The summed E-state index contributed by atoms with van der Waals surface area (Å²) in [7, 11) is 0. The molecule has 0 aliphatic carbocycles. The van der Waals surface area contributed by atoms with Crippen molar-refractivity contribution < 1.29 is 14.5 Å². The zero-order chi connectivity index (χ0) is 25.8. The highest BCUT2D eigenvalue weighted by Crippen LogP contribution is 2.40. The third-order valence-electron chi connectivity index (χ3n) is 5.35. The van der Waals surface area contributed by atoms with E-state index in [-0.39, 0.29) is 17.2 Å². The van der Waals surface area contributed by atoms with Crippen LogP contribution in [-0.4, -0.2) is 21.6 Å². The van der Waals surface area contributed by atoms with Crippen LogP contribution in [0.3, 0.4) is 0 Å². The van der Waals surface area contributed by atoms with Crippen molar-refractivity contribution in [3.05, 3.63) is 93.2 Å². The van der Waals surface area contributed by atoms with Crippen molar-refractivity contribution in [3.8, 4) is 0 Å². The molecule has 35 heavy (non-hydrogen) atoms. The number of nitro groups is 1. The fourth-order valence-electron chi connectivity index (χ4n) is 3.65. The molecule has 0 aliphatic rings. The summed E-state index contributed by atoms with van der Waals surface area (Å²) in [4.78, 5) is 31.1. The number of hydrogen-bond donors (Lipinski definition) is 1. The fourth-order valence-corrected chi connectivity index (χ4v) is 3.65. The quantitative estimate of drug-likeness (QED) is 0.209. The highest BCUT2D eigenvalue weighted by Gasteiger charge is 2.35. The molecule has 2 aromatic carbocycles. The highest BCUT2D eigenvalue weighted by molar-refractivity contribution is 5.93. The number of nitrogens with two attached hydrogens (primary N) is 1. The van der Waals surface area contributed by atoms with E-state index in [0.29, 0.717) is 29.4 Å². The predicted octanol–water partition coefficient (Wildman–Crippen LogP) is 5.43. The Morgan fingerprint density at radius 3 is 1.91 bits per heavy atom. The molecule has 1 heterocycles. The Labute approximate surface area is 205 Å². The first kappa shape index (κ1) is 25.6.